The molecule has 0 aromatic heterocycles. The first kappa shape index (κ1) is 16.7. The Bertz CT molecular complexity index is 579. The van der Waals surface area contributed by atoms with E-state index in [2.05, 4.69) is 18.7 Å². The van der Waals surface area contributed by atoms with Gasteiger partial charge in [-0.25, -0.2) is 8.42 Å². The summed E-state index contributed by atoms with van der Waals surface area (Å²) in [5.41, 5.74) is 1.75. The normalized spacial score (nSPS) is 25.1. The second-order valence-corrected chi connectivity index (χ2v) is 8.13. The van der Waals surface area contributed by atoms with Crippen molar-refractivity contribution in [1.82, 2.24) is 9.21 Å². The summed E-state index contributed by atoms with van der Waals surface area (Å²) in [5, 5.41) is 0. The molecule has 21 heavy (non-hydrogen) atoms. The summed E-state index contributed by atoms with van der Waals surface area (Å²) >= 11 is 5.81. The molecule has 0 spiro atoms. The van der Waals surface area contributed by atoms with Crippen molar-refractivity contribution >= 4 is 21.6 Å². The number of sulfonamides is 1. The minimum Gasteiger partial charge on any atom is -0.298 e. The van der Waals surface area contributed by atoms with Crippen molar-refractivity contribution in [1.29, 1.82) is 0 Å². The van der Waals surface area contributed by atoms with Crippen LogP contribution >= 0.6 is 11.6 Å². The van der Waals surface area contributed by atoms with Crippen molar-refractivity contribution in [2.75, 3.05) is 20.1 Å². The van der Waals surface area contributed by atoms with Gasteiger partial charge >= 0.3 is 0 Å². The van der Waals surface area contributed by atoms with Gasteiger partial charge in [0.25, 0.3) is 0 Å². The lowest BCUT2D eigenvalue weighted by atomic mass is 10.1. The van der Waals surface area contributed by atoms with E-state index in [-0.39, 0.29) is 17.8 Å². The molecule has 0 N–H and O–H groups in total. The zero-order chi connectivity index (χ0) is 15.6. The van der Waals surface area contributed by atoms with E-state index >= 15 is 0 Å². The smallest absolute Gasteiger partial charge is 0.218 e. The average Bonchev–Trinajstić information content (AvgIpc) is 2.44. The van der Waals surface area contributed by atoms with Gasteiger partial charge in [-0.2, -0.15) is 4.31 Å². The lowest BCUT2D eigenvalue weighted by Gasteiger charge is -2.41. The molecule has 0 radical (unpaired) electrons. The fourth-order valence-electron chi connectivity index (χ4n) is 2.69. The molecule has 1 aromatic carbocycles. The number of benzene rings is 1. The Morgan fingerprint density at radius 2 is 1.76 bits per heavy atom. The average molecular weight is 331 g/mol. The summed E-state index contributed by atoms with van der Waals surface area (Å²) in [6.07, 6.45) is 0. The highest BCUT2D eigenvalue weighted by Crippen LogP contribution is 2.20. The van der Waals surface area contributed by atoms with Gasteiger partial charge in [0.05, 0.1) is 5.75 Å². The predicted molar refractivity (Wildman–Crippen MR) is 86.9 cm³/mol. The molecule has 1 fully saturated rings. The van der Waals surface area contributed by atoms with Gasteiger partial charge in [0.2, 0.25) is 10.0 Å². The summed E-state index contributed by atoms with van der Waals surface area (Å²) in [6.45, 7) is 5.23. The highest BCUT2D eigenvalue weighted by molar-refractivity contribution is 7.88. The molecule has 118 valence electrons. The monoisotopic (exact) mass is 330 g/mol. The largest absolute Gasteiger partial charge is 0.298 e. The predicted octanol–water partition coefficient (Wildman–Crippen LogP) is 2.28. The number of alkyl halides is 1. The van der Waals surface area contributed by atoms with Crippen molar-refractivity contribution < 1.29 is 8.42 Å². The van der Waals surface area contributed by atoms with Gasteiger partial charge in [0.1, 0.15) is 0 Å². The number of halogens is 1. The summed E-state index contributed by atoms with van der Waals surface area (Å²) in [4.78, 5) is 2.22. The zero-order valence-corrected chi connectivity index (χ0v) is 14.4. The topological polar surface area (TPSA) is 40.6 Å². The minimum atomic E-state index is -3.29. The van der Waals surface area contributed by atoms with Gasteiger partial charge in [-0.3, -0.25) is 4.90 Å². The number of rotatable bonds is 4. The van der Waals surface area contributed by atoms with E-state index in [9.17, 15) is 8.42 Å². The van der Waals surface area contributed by atoms with Crippen molar-refractivity contribution in [2.24, 2.45) is 0 Å². The van der Waals surface area contributed by atoms with Gasteiger partial charge in [-0.05, 0) is 32.0 Å². The quantitative estimate of drug-likeness (QED) is 0.795. The molecule has 1 saturated heterocycles. The van der Waals surface area contributed by atoms with Crippen molar-refractivity contribution in [3.8, 4) is 0 Å². The summed E-state index contributed by atoms with van der Waals surface area (Å²) in [7, 11) is -1.24. The molecule has 0 bridgehead atoms. The molecule has 1 heterocycles. The number of nitrogens with zero attached hydrogens (tertiary/aromatic N) is 2. The number of likely N-dealkylation sites (N-methyl/N-ethyl adjacent to an activating group) is 1. The SMILES string of the molecule is CC1CN(S(=O)(=O)Cc2cccc(CCl)c2)CC(C)N1C. The Morgan fingerprint density at radius 3 is 2.33 bits per heavy atom. The standard InChI is InChI=1S/C15H23ClN2O2S/c1-12-9-18(10-13(2)17(12)3)21(19,20)11-15-6-4-5-14(7-15)8-16/h4-7,12-13H,8-11H2,1-3H3. The van der Waals surface area contributed by atoms with E-state index in [4.69, 9.17) is 11.6 Å². The minimum absolute atomic E-state index is 0.0425. The zero-order valence-electron chi connectivity index (χ0n) is 12.8. The molecule has 6 heteroatoms. The summed E-state index contributed by atoms with van der Waals surface area (Å²) in [5.74, 6) is 0.442. The third-order valence-electron chi connectivity index (χ3n) is 4.21. The second kappa shape index (κ2) is 6.65. The summed E-state index contributed by atoms with van der Waals surface area (Å²) < 4.78 is 26.9. The van der Waals surface area contributed by atoms with Crippen LogP contribution in [0, 0.1) is 0 Å². The van der Waals surface area contributed by atoms with Crippen LogP contribution in [0.25, 0.3) is 0 Å². The first-order valence-electron chi connectivity index (χ1n) is 7.17. The van der Waals surface area contributed by atoms with Crippen molar-refractivity contribution in [2.45, 2.75) is 37.6 Å². The fraction of sp³-hybridized carbons (Fsp3) is 0.600. The van der Waals surface area contributed by atoms with Crippen LogP contribution in [0.15, 0.2) is 24.3 Å². The molecule has 0 amide bonds. The van der Waals surface area contributed by atoms with Crippen LogP contribution in [0.5, 0.6) is 0 Å². The second-order valence-electron chi connectivity index (χ2n) is 5.89. The van der Waals surface area contributed by atoms with Crippen LogP contribution in [0.1, 0.15) is 25.0 Å². The third-order valence-corrected chi connectivity index (χ3v) is 6.31. The van der Waals surface area contributed by atoms with E-state index in [1.54, 1.807) is 4.31 Å². The molecule has 1 aromatic rings. The third kappa shape index (κ3) is 3.97. The van der Waals surface area contributed by atoms with E-state index in [0.717, 1.165) is 11.1 Å². The Morgan fingerprint density at radius 1 is 1.19 bits per heavy atom. The molecule has 0 aliphatic carbocycles. The Labute approximate surface area is 132 Å². The lowest BCUT2D eigenvalue weighted by Crippen LogP contribution is -2.56. The molecule has 2 atom stereocenters. The van der Waals surface area contributed by atoms with Crippen molar-refractivity contribution in [3.05, 3.63) is 35.4 Å². The molecule has 1 aliphatic rings. The van der Waals surface area contributed by atoms with Crippen LogP contribution in [0.3, 0.4) is 0 Å². The van der Waals surface area contributed by atoms with Crippen LogP contribution < -0.4 is 0 Å². The van der Waals surface area contributed by atoms with Crippen molar-refractivity contribution in [3.63, 3.8) is 0 Å². The van der Waals surface area contributed by atoms with Crippen LogP contribution in [-0.2, 0) is 21.7 Å². The van der Waals surface area contributed by atoms with Crippen LogP contribution in [0.4, 0.5) is 0 Å². The van der Waals surface area contributed by atoms with Gasteiger partial charge in [-0.1, -0.05) is 24.3 Å². The highest BCUT2D eigenvalue weighted by atomic mass is 35.5. The number of piperazine rings is 1. The molecule has 2 unspecified atom stereocenters. The van der Waals surface area contributed by atoms with E-state index in [1.165, 1.54) is 0 Å². The number of hydrogen-bond acceptors (Lipinski definition) is 3. The molecule has 2 rings (SSSR count). The maximum absolute atomic E-state index is 12.6. The Kier molecular flexibility index (Phi) is 5.30. The van der Waals surface area contributed by atoms with Gasteiger partial charge in [0, 0.05) is 31.1 Å². The van der Waals surface area contributed by atoms with Gasteiger partial charge < -0.3 is 0 Å². The van der Waals surface area contributed by atoms with Gasteiger partial charge in [-0.15, -0.1) is 11.6 Å². The maximum atomic E-state index is 12.6. The van der Waals surface area contributed by atoms with E-state index in [0.29, 0.717) is 19.0 Å². The van der Waals surface area contributed by atoms with Crippen LogP contribution in [-0.4, -0.2) is 49.8 Å². The van der Waals surface area contributed by atoms with E-state index in [1.807, 2.05) is 31.3 Å². The highest BCUT2D eigenvalue weighted by Gasteiger charge is 2.33. The molecule has 4 nitrogen and oxygen atoms in total. The Balaban J connectivity index is 2.14. The summed E-state index contributed by atoms with van der Waals surface area (Å²) in [6, 6.07) is 7.95. The van der Waals surface area contributed by atoms with Gasteiger partial charge in [0.15, 0.2) is 0 Å². The first-order chi connectivity index (χ1) is 9.83. The first-order valence-corrected chi connectivity index (χ1v) is 9.31. The maximum Gasteiger partial charge on any atom is 0.218 e. The molecule has 1 aliphatic heterocycles. The number of hydrogen-bond donors (Lipinski definition) is 0. The fourth-order valence-corrected chi connectivity index (χ4v) is 4.52. The van der Waals surface area contributed by atoms with Crippen LogP contribution in [0.2, 0.25) is 0 Å². The Hall–Kier alpha value is -0.620. The molecular formula is C15H23ClN2O2S. The van der Waals surface area contributed by atoms with E-state index < -0.39 is 10.0 Å². The molecule has 0 saturated carbocycles. The lowest BCUT2D eigenvalue weighted by molar-refractivity contribution is 0.105. The molecular weight excluding hydrogens is 308 g/mol.